The first kappa shape index (κ1) is 21.4. The molecule has 0 radical (unpaired) electrons. The van der Waals surface area contributed by atoms with Gasteiger partial charge in [0, 0.05) is 25.7 Å². The smallest absolute Gasteiger partial charge is 0.385 e. The second-order valence-corrected chi connectivity index (χ2v) is 6.96. The topological polar surface area (TPSA) is 21.5 Å². The molecule has 0 aromatic heterocycles. The molecule has 0 fully saturated rings. The lowest BCUT2D eigenvalue weighted by Gasteiger charge is -2.22. The number of halogens is 3. The molecular formula is C18H29F3N2O2+2. The average molecular weight is 362 g/mol. The molecule has 0 saturated heterocycles. The molecule has 0 saturated carbocycles. The summed E-state index contributed by atoms with van der Waals surface area (Å²) < 4.78 is 45.7. The summed E-state index contributed by atoms with van der Waals surface area (Å²) in [6.45, 7) is 1.92. The second-order valence-electron chi connectivity index (χ2n) is 6.96. The molecule has 0 amide bonds. The molecule has 0 aliphatic rings. The molecular weight excluding hydrogens is 333 g/mol. The van der Waals surface area contributed by atoms with E-state index in [1.165, 1.54) is 12.1 Å². The van der Waals surface area contributed by atoms with Gasteiger partial charge in [0.1, 0.15) is 6.54 Å². The van der Waals surface area contributed by atoms with Crippen LogP contribution in [0.25, 0.3) is 0 Å². The number of methoxy groups -OCH3 is 1. The van der Waals surface area contributed by atoms with Crippen molar-refractivity contribution in [3.8, 4) is 0 Å². The zero-order chi connectivity index (χ0) is 19.1. The van der Waals surface area contributed by atoms with E-state index in [4.69, 9.17) is 9.57 Å². The Morgan fingerprint density at radius 3 is 2.16 bits per heavy atom. The van der Waals surface area contributed by atoms with Crippen molar-refractivity contribution in [3.63, 3.8) is 0 Å². The molecule has 0 N–H and O–H groups in total. The average Bonchev–Trinajstić information content (AvgIpc) is 2.49. The molecule has 7 heteroatoms. The van der Waals surface area contributed by atoms with Crippen molar-refractivity contribution in [2.75, 3.05) is 55.1 Å². The molecule has 0 heterocycles. The van der Waals surface area contributed by atoms with Crippen LogP contribution in [0.5, 0.6) is 0 Å². The summed E-state index contributed by atoms with van der Waals surface area (Å²) >= 11 is 0. The van der Waals surface area contributed by atoms with E-state index in [1.807, 2.05) is 0 Å². The Labute approximate surface area is 148 Å². The quantitative estimate of drug-likeness (QED) is 0.221. The summed E-state index contributed by atoms with van der Waals surface area (Å²) in [5, 5.41) is 0. The van der Waals surface area contributed by atoms with Crippen LogP contribution in [0.15, 0.2) is 24.3 Å². The summed E-state index contributed by atoms with van der Waals surface area (Å²) in [5.74, 6) is 0. The van der Waals surface area contributed by atoms with E-state index in [0.29, 0.717) is 19.6 Å². The van der Waals surface area contributed by atoms with Gasteiger partial charge in [-0.3, -0.25) is 4.84 Å². The van der Waals surface area contributed by atoms with Gasteiger partial charge in [-0.25, -0.2) is 0 Å². The second kappa shape index (κ2) is 9.20. The number of hydrogen-bond donors (Lipinski definition) is 0. The van der Waals surface area contributed by atoms with Crippen LogP contribution in [-0.2, 0) is 15.8 Å². The summed E-state index contributed by atoms with van der Waals surface area (Å²) in [7, 11) is 9.63. The van der Waals surface area contributed by atoms with E-state index in [9.17, 15) is 13.2 Å². The number of alkyl halides is 3. The van der Waals surface area contributed by atoms with Crippen molar-refractivity contribution in [2.45, 2.75) is 19.0 Å². The minimum atomic E-state index is -4.33. The molecule has 142 valence electrons. The van der Waals surface area contributed by atoms with Crippen molar-refractivity contribution in [3.05, 3.63) is 35.4 Å². The van der Waals surface area contributed by atoms with Crippen molar-refractivity contribution < 1.29 is 32.0 Å². The van der Waals surface area contributed by atoms with Gasteiger partial charge in [-0.15, -0.1) is 0 Å². The molecule has 0 atom stereocenters. The van der Waals surface area contributed by atoms with E-state index < -0.39 is 11.7 Å². The highest BCUT2D eigenvalue weighted by Crippen LogP contribution is 2.29. The van der Waals surface area contributed by atoms with E-state index in [0.717, 1.165) is 40.9 Å². The predicted molar refractivity (Wildman–Crippen MR) is 91.7 cm³/mol. The van der Waals surface area contributed by atoms with Crippen LogP contribution in [0.1, 0.15) is 24.0 Å². The Hall–Kier alpha value is -1.60. The molecule has 0 unspecified atom stereocenters. The Balaban J connectivity index is 2.96. The van der Waals surface area contributed by atoms with E-state index in [-0.39, 0.29) is 0 Å². The van der Waals surface area contributed by atoms with Gasteiger partial charge in [0.15, 0.2) is 7.05 Å². The third-order valence-electron chi connectivity index (χ3n) is 3.73. The number of rotatable bonds is 9. The summed E-state index contributed by atoms with van der Waals surface area (Å²) in [5.41, 5.74) is 0.908. The van der Waals surface area contributed by atoms with E-state index in [1.54, 1.807) is 18.9 Å². The number of likely N-dealkylation sites (N-methyl/N-ethyl adjacent to an activating group) is 1. The Kier molecular flexibility index (Phi) is 7.89. The molecule has 1 aromatic rings. The van der Waals surface area contributed by atoms with E-state index >= 15 is 0 Å². The molecule has 25 heavy (non-hydrogen) atoms. The van der Waals surface area contributed by atoms with Crippen LogP contribution in [0.3, 0.4) is 0 Å². The zero-order valence-electron chi connectivity index (χ0n) is 15.7. The lowest BCUT2D eigenvalue weighted by atomic mass is 10.0. The van der Waals surface area contributed by atoms with Crippen LogP contribution < -0.4 is 0 Å². The lowest BCUT2D eigenvalue weighted by molar-refractivity contribution is -0.880. The fourth-order valence-electron chi connectivity index (χ4n) is 2.25. The summed E-state index contributed by atoms with van der Waals surface area (Å²) in [4.78, 5) is 5.78. The lowest BCUT2D eigenvalue weighted by Crippen LogP contribution is -2.38. The molecule has 1 rings (SSSR count). The zero-order valence-corrected chi connectivity index (χ0v) is 15.7. The normalized spacial score (nSPS) is 13.6. The van der Waals surface area contributed by atoms with Gasteiger partial charge < -0.3 is 9.22 Å². The molecule has 0 bridgehead atoms. The Morgan fingerprint density at radius 1 is 1.08 bits per heavy atom. The van der Waals surface area contributed by atoms with Gasteiger partial charge in [0.25, 0.3) is 0 Å². The van der Waals surface area contributed by atoms with E-state index in [2.05, 4.69) is 21.1 Å². The number of nitrogens with zero attached hydrogens (tertiary/aromatic N) is 2. The van der Waals surface area contributed by atoms with Crippen LogP contribution >= 0.6 is 0 Å². The number of hydroxylamine groups is 1. The van der Waals surface area contributed by atoms with Crippen molar-refractivity contribution >= 4 is 5.71 Å². The monoisotopic (exact) mass is 362 g/mol. The van der Waals surface area contributed by atoms with Gasteiger partial charge in [-0.05, 0) is 35.4 Å². The van der Waals surface area contributed by atoms with Crippen LogP contribution in [-0.4, -0.2) is 70.0 Å². The fraction of sp³-hybridized carbons (Fsp3) is 0.611. The molecule has 4 nitrogen and oxygen atoms in total. The first-order chi connectivity index (χ1) is 11.5. The molecule has 0 spiro atoms. The van der Waals surface area contributed by atoms with Gasteiger partial charge in [-0.1, -0.05) is 0 Å². The fourth-order valence-corrected chi connectivity index (χ4v) is 2.25. The minimum Gasteiger partial charge on any atom is -0.385 e. The van der Waals surface area contributed by atoms with Gasteiger partial charge in [0.2, 0.25) is 12.3 Å². The standard InChI is InChI=1S/C18H29F3N2O2/c1-22(25-14-12-23(2,3)4)17(7-6-13-24-5)15-8-10-16(11-9-15)18(19,20)21/h8-11H,6-7,12-14H2,1-5H3/q+2. The van der Waals surface area contributed by atoms with Crippen LogP contribution in [0, 0.1) is 0 Å². The van der Waals surface area contributed by atoms with Crippen molar-refractivity contribution in [2.24, 2.45) is 0 Å². The van der Waals surface area contributed by atoms with Gasteiger partial charge in [-0.2, -0.15) is 13.2 Å². The van der Waals surface area contributed by atoms with Crippen molar-refractivity contribution in [1.29, 1.82) is 0 Å². The number of quaternary nitrogens is 1. The van der Waals surface area contributed by atoms with Gasteiger partial charge in [0.05, 0.1) is 26.7 Å². The highest BCUT2D eigenvalue weighted by Gasteiger charge is 2.30. The number of ether oxygens (including phenoxy) is 1. The molecule has 1 aromatic carbocycles. The van der Waals surface area contributed by atoms with Gasteiger partial charge >= 0.3 is 6.18 Å². The molecule has 0 aliphatic heterocycles. The first-order valence-electron chi connectivity index (χ1n) is 8.24. The third kappa shape index (κ3) is 7.88. The number of hydrogen-bond acceptors (Lipinski definition) is 2. The number of benzene rings is 1. The SMILES string of the molecule is COCCCC(c1ccc(C(F)(F)F)cc1)=[N+](C)OCC[N+](C)(C)C. The maximum Gasteiger partial charge on any atom is 0.416 e. The van der Waals surface area contributed by atoms with Crippen molar-refractivity contribution in [1.82, 2.24) is 0 Å². The Bertz CT molecular complexity index is 561. The summed E-state index contributed by atoms with van der Waals surface area (Å²) in [6, 6.07) is 5.19. The minimum absolute atomic E-state index is 0.522. The van der Waals surface area contributed by atoms with Crippen LogP contribution in [0.4, 0.5) is 13.2 Å². The van der Waals surface area contributed by atoms with Crippen LogP contribution in [0.2, 0.25) is 0 Å². The molecule has 0 aliphatic carbocycles. The highest BCUT2D eigenvalue weighted by molar-refractivity contribution is 5.96. The maximum absolute atomic E-state index is 12.7. The maximum atomic E-state index is 12.7. The first-order valence-corrected chi connectivity index (χ1v) is 8.24. The third-order valence-corrected chi connectivity index (χ3v) is 3.73. The Morgan fingerprint density at radius 2 is 1.68 bits per heavy atom. The highest BCUT2D eigenvalue weighted by atomic mass is 19.4. The predicted octanol–water partition coefficient (Wildman–Crippen LogP) is 3.20. The summed E-state index contributed by atoms with van der Waals surface area (Å²) in [6.07, 6.45) is -2.92. The largest absolute Gasteiger partial charge is 0.416 e.